The standard InChI is InChI=1S/C11H18N2/c1-4-9(2)13-8-11(12-3)10-6-5-7-10/h8,10H,3-7H2,1-2H3/b11-8-,13-9+. The van der Waals surface area contributed by atoms with Crippen molar-refractivity contribution in [2.24, 2.45) is 15.9 Å². The van der Waals surface area contributed by atoms with Gasteiger partial charge in [-0.25, -0.2) is 0 Å². The van der Waals surface area contributed by atoms with Crippen LogP contribution in [0, 0.1) is 5.92 Å². The van der Waals surface area contributed by atoms with Gasteiger partial charge in [-0.1, -0.05) is 13.3 Å². The first-order valence-corrected chi connectivity index (χ1v) is 4.98. The lowest BCUT2D eigenvalue weighted by molar-refractivity contribution is 0.365. The summed E-state index contributed by atoms with van der Waals surface area (Å²) in [7, 11) is 0. The second-order valence-corrected chi connectivity index (χ2v) is 3.56. The summed E-state index contributed by atoms with van der Waals surface area (Å²) in [5, 5.41) is 0. The van der Waals surface area contributed by atoms with Crippen LogP contribution in [0.5, 0.6) is 0 Å². The van der Waals surface area contributed by atoms with Crippen molar-refractivity contribution >= 4 is 12.4 Å². The van der Waals surface area contributed by atoms with Crippen molar-refractivity contribution < 1.29 is 0 Å². The van der Waals surface area contributed by atoms with Crippen LogP contribution in [0.2, 0.25) is 0 Å². The lowest BCUT2D eigenvalue weighted by Crippen LogP contribution is -2.12. The summed E-state index contributed by atoms with van der Waals surface area (Å²) in [5.41, 5.74) is 2.22. The molecule has 1 saturated carbocycles. The van der Waals surface area contributed by atoms with Gasteiger partial charge in [0.15, 0.2) is 0 Å². The van der Waals surface area contributed by atoms with E-state index in [4.69, 9.17) is 0 Å². The van der Waals surface area contributed by atoms with E-state index in [2.05, 4.69) is 23.6 Å². The Balaban J connectivity index is 2.58. The molecular formula is C11H18N2. The highest BCUT2D eigenvalue weighted by Gasteiger charge is 2.20. The Bertz CT molecular complexity index is 234. The summed E-state index contributed by atoms with van der Waals surface area (Å²) < 4.78 is 0. The first-order valence-electron chi connectivity index (χ1n) is 4.98. The number of allylic oxidation sites excluding steroid dienone is 1. The van der Waals surface area contributed by atoms with Gasteiger partial charge in [-0.2, -0.15) is 0 Å². The molecule has 1 rings (SSSR count). The van der Waals surface area contributed by atoms with E-state index >= 15 is 0 Å². The van der Waals surface area contributed by atoms with E-state index in [1.807, 2.05) is 13.1 Å². The van der Waals surface area contributed by atoms with Crippen LogP contribution in [0.4, 0.5) is 0 Å². The molecule has 0 unspecified atom stereocenters. The topological polar surface area (TPSA) is 24.7 Å². The molecule has 0 heterocycles. The zero-order valence-electron chi connectivity index (χ0n) is 8.58. The third kappa shape index (κ3) is 2.79. The van der Waals surface area contributed by atoms with Crippen molar-refractivity contribution in [3.63, 3.8) is 0 Å². The maximum Gasteiger partial charge on any atom is 0.0609 e. The van der Waals surface area contributed by atoms with Crippen molar-refractivity contribution in [1.29, 1.82) is 0 Å². The maximum absolute atomic E-state index is 4.34. The lowest BCUT2D eigenvalue weighted by atomic mass is 9.83. The van der Waals surface area contributed by atoms with Crippen molar-refractivity contribution in [3.05, 3.63) is 11.9 Å². The quantitative estimate of drug-likeness (QED) is 0.591. The summed E-state index contributed by atoms with van der Waals surface area (Å²) in [5.74, 6) is 0.630. The van der Waals surface area contributed by atoms with Gasteiger partial charge < -0.3 is 0 Å². The van der Waals surface area contributed by atoms with Gasteiger partial charge in [0.2, 0.25) is 0 Å². The van der Waals surface area contributed by atoms with Crippen molar-refractivity contribution in [3.8, 4) is 0 Å². The van der Waals surface area contributed by atoms with Crippen molar-refractivity contribution in [1.82, 2.24) is 0 Å². The van der Waals surface area contributed by atoms with Gasteiger partial charge in [0.1, 0.15) is 0 Å². The minimum Gasteiger partial charge on any atom is -0.267 e. The Morgan fingerprint density at radius 1 is 1.54 bits per heavy atom. The Morgan fingerprint density at radius 3 is 2.62 bits per heavy atom. The van der Waals surface area contributed by atoms with Crippen LogP contribution in [0.15, 0.2) is 21.9 Å². The second kappa shape index (κ2) is 4.95. The van der Waals surface area contributed by atoms with Gasteiger partial charge in [-0.15, -0.1) is 0 Å². The molecule has 2 heteroatoms. The maximum atomic E-state index is 4.34. The lowest BCUT2D eigenvalue weighted by Gasteiger charge is -2.24. The number of hydrogen-bond acceptors (Lipinski definition) is 2. The highest BCUT2D eigenvalue weighted by molar-refractivity contribution is 5.82. The summed E-state index contributed by atoms with van der Waals surface area (Å²) in [4.78, 5) is 8.36. The summed E-state index contributed by atoms with van der Waals surface area (Å²) >= 11 is 0. The summed E-state index contributed by atoms with van der Waals surface area (Å²) in [6.45, 7) is 7.73. The van der Waals surface area contributed by atoms with Gasteiger partial charge in [-0.3, -0.25) is 9.98 Å². The van der Waals surface area contributed by atoms with Crippen LogP contribution >= 0.6 is 0 Å². The predicted octanol–water partition coefficient (Wildman–Crippen LogP) is 3.20. The number of aliphatic imine (C=N–C) groups is 2. The van der Waals surface area contributed by atoms with Crippen molar-refractivity contribution in [2.75, 3.05) is 0 Å². The highest BCUT2D eigenvalue weighted by Crippen LogP contribution is 2.33. The molecule has 0 spiro atoms. The Labute approximate surface area is 80.5 Å². The molecule has 0 N–H and O–H groups in total. The molecule has 0 aliphatic heterocycles. The molecule has 0 atom stereocenters. The first-order chi connectivity index (χ1) is 6.27. The Hall–Kier alpha value is -0.920. The predicted molar refractivity (Wildman–Crippen MR) is 58.4 cm³/mol. The summed E-state index contributed by atoms with van der Waals surface area (Å²) in [6.07, 6.45) is 6.73. The molecule has 1 aliphatic carbocycles. The molecule has 0 amide bonds. The number of rotatable bonds is 4. The van der Waals surface area contributed by atoms with E-state index in [0.717, 1.165) is 17.8 Å². The van der Waals surface area contributed by atoms with Crippen LogP contribution in [0.25, 0.3) is 0 Å². The first kappa shape index (κ1) is 10.2. The molecule has 2 nitrogen and oxygen atoms in total. The molecule has 0 saturated heterocycles. The molecular weight excluding hydrogens is 160 g/mol. The molecule has 1 fully saturated rings. The Kier molecular flexibility index (Phi) is 3.87. The van der Waals surface area contributed by atoms with E-state index in [0.29, 0.717) is 5.92 Å². The van der Waals surface area contributed by atoms with Crippen LogP contribution < -0.4 is 0 Å². The van der Waals surface area contributed by atoms with E-state index in [1.54, 1.807) is 0 Å². The fourth-order valence-corrected chi connectivity index (χ4v) is 1.25. The molecule has 0 aromatic rings. The number of nitrogens with zero attached hydrogens (tertiary/aromatic N) is 2. The van der Waals surface area contributed by atoms with E-state index in [-0.39, 0.29) is 0 Å². The molecule has 0 aromatic heterocycles. The van der Waals surface area contributed by atoms with Gasteiger partial charge in [0.25, 0.3) is 0 Å². The van der Waals surface area contributed by atoms with Crippen LogP contribution in [-0.4, -0.2) is 12.4 Å². The van der Waals surface area contributed by atoms with Gasteiger partial charge in [-0.05, 0) is 32.9 Å². The zero-order valence-corrected chi connectivity index (χ0v) is 8.58. The smallest absolute Gasteiger partial charge is 0.0609 e. The van der Waals surface area contributed by atoms with E-state index < -0.39 is 0 Å². The van der Waals surface area contributed by atoms with E-state index in [1.165, 1.54) is 19.3 Å². The fraction of sp³-hybridized carbons (Fsp3) is 0.636. The molecule has 1 aliphatic rings. The summed E-state index contributed by atoms with van der Waals surface area (Å²) in [6, 6.07) is 0. The average Bonchev–Trinajstić information content (AvgIpc) is 2.08. The molecule has 72 valence electrons. The average molecular weight is 178 g/mol. The minimum atomic E-state index is 0.630. The normalized spacial score (nSPS) is 19.8. The highest BCUT2D eigenvalue weighted by atomic mass is 14.8. The van der Waals surface area contributed by atoms with Crippen LogP contribution in [0.3, 0.4) is 0 Å². The third-order valence-electron chi connectivity index (χ3n) is 2.63. The van der Waals surface area contributed by atoms with Gasteiger partial charge in [0, 0.05) is 17.8 Å². The third-order valence-corrected chi connectivity index (χ3v) is 2.63. The van der Waals surface area contributed by atoms with Crippen molar-refractivity contribution in [2.45, 2.75) is 39.5 Å². The van der Waals surface area contributed by atoms with Crippen LogP contribution in [-0.2, 0) is 0 Å². The molecule has 0 radical (unpaired) electrons. The largest absolute Gasteiger partial charge is 0.267 e. The number of hydrogen-bond donors (Lipinski definition) is 0. The molecule has 13 heavy (non-hydrogen) atoms. The van der Waals surface area contributed by atoms with Gasteiger partial charge in [0.05, 0.1) is 5.70 Å². The minimum absolute atomic E-state index is 0.630. The SMILES string of the molecule is C=N/C(=C\N=C(/C)CC)C1CCC1. The molecule has 0 bridgehead atoms. The van der Waals surface area contributed by atoms with E-state index in [9.17, 15) is 0 Å². The Morgan fingerprint density at radius 2 is 2.23 bits per heavy atom. The second-order valence-electron chi connectivity index (χ2n) is 3.56. The monoisotopic (exact) mass is 178 g/mol. The van der Waals surface area contributed by atoms with Crippen LogP contribution in [0.1, 0.15) is 39.5 Å². The fourth-order valence-electron chi connectivity index (χ4n) is 1.25. The molecule has 0 aromatic carbocycles. The zero-order chi connectivity index (χ0) is 9.68. The van der Waals surface area contributed by atoms with Gasteiger partial charge >= 0.3 is 0 Å².